The van der Waals surface area contributed by atoms with Gasteiger partial charge in [0, 0.05) is 17.8 Å². The van der Waals surface area contributed by atoms with Crippen LogP contribution in [-0.2, 0) is 11.3 Å². The third kappa shape index (κ3) is 2.98. The molecule has 0 radical (unpaired) electrons. The fourth-order valence-corrected chi connectivity index (χ4v) is 2.53. The second-order valence-electron chi connectivity index (χ2n) is 4.72. The van der Waals surface area contributed by atoms with Crippen molar-refractivity contribution in [1.29, 1.82) is 0 Å². The highest BCUT2D eigenvalue weighted by atomic mass is 32.2. The van der Waals surface area contributed by atoms with Gasteiger partial charge in [0.05, 0.1) is 18.0 Å². The maximum absolute atomic E-state index is 11.8. The zero-order valence-corrected chi connectivity index (χ0v) is 11.9. The van der Waals surface area contributed by atoms with Gasteiger partial charge in [0.15, 0.2) is 0 Å². The molecule has 1 amide bonds. The van der Waals surface area contributed by atoms with E-state index in [0.29, 0.717) is 23.5 Å². The van der Waals surface area contributed by atoms with Crippen molar-refractivity contribution in [1.82, 2.24) is 35.7 Å². The molecular weight excluding hydrogens is 278 g/mol. The predicted octanol–water partition coefficient (Wildman–Crippen LogP) is 0.448. The first kappa shape index (κ1) is 13.1. The summed E-state index contributed by atoms with van der Waals surface area (Å²) in [6.45, 7) is 2.41. The lowest BCUT2D eigenvalue weighted by molar-refractivity contribution is -0.118. The van der Waals surface area contributed by atoms with E-state index >= 15 is 0 Å². The Morgan fingerprint density at radius 3 is 3.15 bits per heavy atom. The molecule has 1 aliphatic rings. The molecular formula is C11H15N7OS. The number of thioether (sulfide) groups is 1. The fraction of sp³-hybridized carbons (Fsp3) is 0.545. The minimum atomic E-state index is -0.0408. The van der Waals surface area contributed by atoms with E-state index in [1.54, 1.807) is 10.9 Å². The third-order valence-electron chi connectivity index (χ3n) is 3.10. The number of rotatable bonds is 6. The van der Waals surface area contributed by atoms with Crippen LogP contribution >= 0.6 is 11.8 Å². The second kappa shape index (κ2) is 5.61. The zero-order valence-electron chi connectivity index (χ0n) is 11.0. The molecule has 1 fully saturated rings. The van der Waals surface area contributed by atoms with Gasteiger partial charge in [-0.2, -0.15) is 5.10 Å². The normalized spacial score (nSPS) is 14.4. The highest BCUT2D eigenvalue weighted by molar-refractivity contribution is 7.99. The standard InChI is InChI=1S/C11H15N7OS/c1-7-8(5-13-14-7)4-12-10(19)6-20-11-15-16-17-18(11)9-2-3-9/h5,9H,2-4,6H2,1H3,(H,12,19)(H,13,14). The van der Waals surface area contributed by atoms with Crippen molar-refractivity contribution >= 4 is 17.7 Å². The van der Waals surface area contributed by atoms with Crippen LogP contribution in [0.25, 0.3) is 0 Å². The highest BCUT2D eigenvalue weighted by Gasteiger charge is 2.28. The number of hydrogen-bond donors (Lipinski definition) is 2. The predicted molar refractivity (Wildman–Crippen MR) is 72.0 cm³/mol. The van der Waals surface area contributed by atoms with Gasteiger partial charge in [0.1, 0.15) is 0 Å². The summed E-state index contributed by atoms with van der Waals surface area (Å²) in [7, 11) is 0. The Bertz CT molecular complexity index is 603. The van der Waals surface area contributed by atoms with Crippen LogP contribution in [0.1, 0.15) is 30.1 Å². The number of aryl methyl sites for hydroxylation is 1. The van der Waals surface area contributed by atoms with Crippen molar-refractivity contribution in [3.05, 3.63) is 17.5 Å². The number of H-pyrrole nitrogens is 1. The summed E-state index contributed by atoms with van der Waals surface area (Å²) in [6, 6.07) is 0.421. The van der Waals surface area contributed by atoms with Gasteiger partial charge in [0.25, 0.3) is 0 Å². The Balaban J connectivity index is 1.47. The number of nitrogens with one attached hydrogen (secondary N) is 2. The van der Waals surface area contributed by atoms with Crippen LogP contribution in [0.5, 0.6) is 0 Å². The summed E-state index contributed by atoms with van der Waals surface area (Å²) < 4.78 is 1.80. The van der Waals surface area contributed by atoms with E-state index in [2.05, 4.69) is 31.0 Å². The van der Waals surface area contributed by atoms with Gasteiger partial charge in [-0.1, -0.05) is 11.8 Å². The number of amides is 1. The smallest absolute Gasteiger partial charge is 0.230 e. The molecule has 3 rings (SSSR count). The lowest BCUT2D eigenvalue weighted by Gasteiger charge is -2.04. The first-order chi connectivity index (χ1) is 9.74. The van der Waals surface area contributed by atoms with Gasteiger partial charge in [-0.15, -0.1) is 5.10 Å². The number of aromatic amines is 1. The van der Waals surface area contributed by atoms with Crippen molar-refractivity contribution in [3.63, 3.8) is 0 Å². The monoisotopic (exact) mass is 293 g/mol. The quantitative estimate of drug-likeness (QED) is 0.750. The van der Waals surface area contributed by atoms with Crippen LogP contribution in [0.3, 0.4) is 0 Å². The number of aromatic nitrogens is 6. The maximum atomic E-state index is 11.8. The molecule has 0 saturated heterocycles. The minimum Gasteiger partial charge on any atom is -0.351 e. The minimum absolute atomic E-state index is 0.0408. The van der Waals surface area contributed by atoms with E-state index in [9.17, 15) is 4.79 Å². The van der Waals surface area contributed by atoms with E-state index in [0.717, 1.165) is 24.1 Å². The lowest BCUT2D eigenvalue weighted by Crippen LogP contribution is -2.24. The van der Waals surface area contributed by atoms with Crippen molar-refractivity contribution in [3.8, 4) is 0 Å². The summed E-state index contributed by atoms with van der Waals surface area (Å²) in [5.41, 5.74) is 1.96. The van der Waals surface area contributed by atoms with Gasteiger partial charge >= 0.3 is 0 Å². The topological polar surface area (TPSA) is 101 Å². The van der Waals surface area contributed by atoms with Crippen LogP contribution in [0.15, 0.2) is 11.4 Å². The van der Waals surface area contributed by atoms with E-state index in [-0.39, 0.29) is 5.91 Å². The largest absolute Gasteiger partial charge is 0.351 e. The lowest BCUT2D eigenvalue weighted by atomic mass is 10.3. The summed E-state index contributed by atoms with van der Waals surface area (Å²) in [5.74, 6) is 0.269. The van der Waals surface area contributed by atoms with Crippen LogP contribution in [0, 0.1) is 6.92 Å². The number of hydrogen-bond acceptors (Lipinski definition) is 6. The van der Waals surface area contributed by atoms with E-state index in [1.807, 2.05) is 6.92 Å². The molecule has 1 saturated carbocycles. The first-order valence-corrected chi connectivity index (χ1v) is 7.39. The molecule has 2 heterocycles. The Hall–Kier alpha value is -1.90. The first-order valence-electron chi connectivity index (χ1n) is 6.40. The Labute approximate surface area is 119 Å². The number of tetrazole rings is 1. The van der Waals surface area contributed by atoms with Crippen LogP contribution in [-0.4, -0.2) is 42.1 Å². The maximum Gasteiger partial charge on any atom is 0.230 e. The SMILES string of the molecule is Cc1[nH]ncc1CNC(=O)CSc1nnnn1C1CC1. The molecule has 8 nitrogen and oxygen atoms in total. The molecule has 0 atom stereocenters. The van der Waals surface area contributed by atoms with Crippen LogP contribution in [0.2, 0.25) is 0 Å². The molecule has 0 aliphatic heterocycles. The Morgan fingerprint density at radius 2 is 2.45 bits per heavy atom. The Kier molecular flexibility index (Phi) is 3.68. The van der Waals surface area contributed by atoms with Crippen LogP contribution < -0.4 is 5.32 Å². The Morgan fingerprint density at radius 1 is 1.60 bits per heavy atom. The number of carbonyl (C=O) groups excluding carboxylic acids is 1. The zero-order chi connectivity index (χ0) is 13.9. The van der Waals surface area contributed by atoms with Crippen LogP contribution in [0.4, 0.5) is 0 Å². The van der Waals surface area contributed by atoms with Gasteiger partial charge in [-0.05, 0) is 30.2 Å². The van der Waals surface area contributed by atoms with Gasteiger partial charge in [-0.25, -0.2) is 4.68 Å². The molecule has 2 aromatic rings. The second-order valence-corrected chi connectivity index (χ2v) is 5.67. The number of nitrogens with zero attached hydrogens (tertiary/aromatic N) is 5. The van der Waals surface area contributed by atoms with Crippen molar-refractivity contribution in [2.45, 2.75) is 37.5 Å². The molecule has 2 N–H and O–H groups in total. The molecule has 0 aromatic carbocycles. The summed E-state index contributed by atoms with van der Waals surface area (Å²) in [4.78, 5) is 11.8. The van der Waals surface area contributed by atoms with Crippen molar-refractivity contribution in [2.24, 2.45) is 0 Å². The molecule has 106 valence electrons. The van der Waals surface area contributed by atoms with E-state index < -0.39 is 0 Å². The van der Waals surface area contributed by atoms with Gasteiger partial charge in [0.2, 0.25) is 11.1 Å². The summed E-state index contributed by atoms with van der Waals surface area (Å²) in [5, 5.41) is 21.9. The molecule has 0 bridgehead atoms. The molecule has 2 aromatic heterocycles. The summed E-state index contributed by atoms with van der Waals surface area (Å²) in [6.07, 6.45) is 3.95. The molecule has 1 aliphatic carbocycles. The molecule has 20 heavy (non-hydrogen) atoms. The average molecular weight is 293 g/mol. The van der Waals surface area contributed by atoms with Gasteiger partial charge < -0.3 is 5.32 Å². The fourth-order valence-electron chi connectivity index (χ4n) is 1.76. The van der Waals surface area contributed by atoms with Crippen molar-refractivity contribution in [2.75, 3.05) is 5.75 Å². The highest BCUT2D eigenvalue weighted by Crippen LogP contribution is 2.36. The average Bonchev–Trinajstić information content (AvgIpc) is 3.04. The van der Waals surface area contributed by atoms with E-state index in [4.69, 9.17) is 0 Å². The van der Waals surface area contributed by atoms with E-state index in [1.165, 1.54) is 11.8 Å². The third-order valence-corrected chi connectivity index (χ3v) is 4.03. The number of carbonyl (C=O) groups is 1. The molecule has 0 unspecified atom stereocenters. The van der Waals surface area contributed by atoms with Gasteiger partial charge in [-0.3, -0.25) is 9.89 Å². The van der Waals surface area contributed by atoms with Crippen molar-refractivity contribution < 1.29 is 4.79 Å². The molecule has 0 spiro atoms. The summed E-state index contributed by atoms with van der Waals surface area (Å²) >= 11 is 1.36. The molecule has 9 heteroatoms.